The topological polar surface area (TPSA) is 116 Å². The number of rotatable bonds is 5. The molecule has 3 aliphatic heterocycles. The number of nitrogen functional groups attached to an aromatic ring is 1. The minimum absolute atomic E-state index is 0.228. The van der Waals surface area contributed by atoms with Crippen LogP contribution in [-0.2, 0) is 28.2 Å². The molecule has 10 nitrogen and oxygen atoms in total. The Kier molecular flexibility index (Phi) is 6.18. The normalized spacial score (nSPS) is 32.1. The zero-order valence-corrected chi connectivity index (χ0v) is 24.0. The van der Waals surface area contributed by atoms with Crippen LogP contribution >= 0.6 is 0 Å². The van der Waals surface area contributed by atoms with Crippen molar-refractivity contribution >= 4 is 34.1 Å². The lowest BCUT2D eigenvalue weighted by Crippen LogP contribution is -2.67. The molecule has 2 aromatic rings. The minimum atomic E-state index is -2.78. The van der Waals surface area contributed by atoms with Crippen LogP contribution in [0, 0.1) is 0 Å². The molecule has 3 aliphatic rings. The van der Waals surface area contributed by atoms with E-state index in [-0.39, 0.29) is 40.5 Å². The maximum atomic E-state index is 7.30. The summed E-state index contributed by atoms with van der Waals surface area (Å²) in [5.74, 6) is 0.342. The van der Waals surface area contributed by atoms with E-state index in [1.165, 1.54) is 6.33 Å². The number of aromatic nitrogens is 4. The van der Waals surface area contributed by atoms with Gasteiger partial charge < -0.3 is 28.2 Å². The van der Waals surface area contributed by atoms with Gasteiger partial charge in [-0.3, -0.25) is 4.57 Å². The molecule has 5 rings (SSSR count). The van der Waals surface area contributed by atoms with E-state index in [9.17, 15) is 0 Å². The first-order chi connectivity index (χ1) is 16.5. The van der Waals surface area contributed by atoms with Gasteiger partial charge in [0, 0.05) is 0 Å². The first-order valence-corrected chi connectivity index (χ1v) is 16.7. The van der Waals surface area contributed by atoms with Crippen LogP contribution in [0.25, 0.3) is 11.2 Å². The largest absolute Gasteiger partial charge is 0.414 e. The summed E-state index contributed by atoms with van der Waals surface area (Å²) in [4.78, 5) is 13.0. The van der Waals surface area contributed by atoms with E-state index in [0.717, 1.165) is 0 Å². The van der Waals surface area contributed by atoms with E-state index in [1.54, 1.807) is 6.33 Å². The second-order valence-corrected chi connectivity index (χ2v) is 20.2. The summed E-state index contributed by atoms with van der Waals surface area (Å²) in [6.45, 7) is 18.5. The van der Waals surface area contributed by atoms with Crippen molar-refractivity contribution in [3.05, 3.63) is 12.7 Å². The highest BCUT2D eigenvalue weighted by Gasteiger charge is 2.69. The molecule has 12 heteroatoms. The molecule has 2 N–H and O–H groups in total. The Hall–Kier alpha value is -1.42. The van der Waals surface area contributed by atoms with Gasteiger partial charge in [-0.1, -0.05) is 55.4 Å². The molecule has 194 valence electrons. The number of ether oxygens (including phenoxy) is 2. The Morgan fingerprint density at radius 2 is 1.63 bits per heavy atom. The van der Waals surface area contributed by atoms with Crippen LogP contribution in [0.15, 0.2) is 12.7 Å². The molecule has 0 amide bonds. The lowest BCUT2D eigenvalue weighted by molar-refractivity contribution is -0.274. The number of nitrogens with two attached hydrogens (primary N) is 1. The molecule has 0 bridgehead atoms. The van der Waals surface area contributed by atoms with Crippen LogP contribution in [0.5, 0.6) is 0 Å². The summed E-state index contributed by atoms with van der Waals surface area (Å²) < 4.78 is 36.3. The van der Waals surface area contributed by atoms with Crippen molar-refractivity contribution in [2.45, 2.75) is 102 Å². The maximum Gasteiger partial charge on any atom is 0.335 e. The first-order valence-electron chi connectivity index (χ1n) is 12.7. The number of fused-ring (bicyclic) bond motifs is 4. The molecular formula is C23H39N5O5Si2. The summed E-state index contributed by atoms with van der Waals surface area (Å²) in [6, 6.07) is 0. The summed E-state index contributed by atoms with van der Waals surface area (Å²) in [6.07, 6.45) is 2.23. The zero-order chi connectivity index (χ0) is 25.3. The molecule has 3 saturated heterocycles. The predicted molar refractivity (Wildman–Crippen MR) is 136 cm³/mol. The highest BCUT2D eigenvalue weighted by molar-refractivity contribution is 6.84. The highest BCUT2D eigenvalue weighted by atomic mass is 28.5. The SMILES string of the molecule is CC(C)[Si]1(C(C)C)OC[C@H]2O[C@]3(n4cnc5c(N)ncnc54)CO[C@@H]3[C@@H]2O[Si](C(C)C)(C(C)C)O1. The van der Waals surface area contributed by atoms with Gasteiger partial charge in [-0.05, 0) is 22.2 Å². The Morgan fingerprint density at radius 3 is 2.20 bits per heavy atom. The van der Waals surface area contributed by atoms with Gasteiger partial charge in [0.15, 0.2) is 17.2 Å². The second-order valence-electron chi connectivity index (χ2n) is 11.3. The van der Waals surface area contributed by atoms with E-state index in [1.807, 2.05) is 4.57 Å². The van der Waals surface area contributed by atoms with Crippen molar-refractivity contribution < 1.29 is 22.4 Å². The van der Waals surface area contributed by atoms with Crippen molar-refractivity contribution in [2.75, 3.05) is 18.9 Å². The predicted octanol–water partition coefficient (Wildman–Crippen LogP) is 3.82. The molecule has 2 aromatic heterocycles. The van der Waals surface area contributed by atoms with E-state index in [0.29, 0.717) is 30.2 Å². The van der Waals surface area contributed by atoms with Crippen molar-refractivity contribution in [1.82, 2.24) is 19.5 Å². The van der Waals surface area contributed by atoms with Crippen LogP contribution in [0.3, 0.4) is 0 Å². The average Bonchev–Trinajstić information content (AvgIpc) is 3.26. The molecule has 0 spiro atoms. The van der Waals surface area contributed by atoms with Crippen LogP contribution in [0.4, 0.5) is 5.82 Å². The molecule has 0 aliphatic carbocycles. The first kappa shape index (κ1) is 25.2. The smallest absolute Gasteiger partial charge is 0.335 e. The molecule has 0 radical (unpaired) electrons. The summed E-state index contributed by atoms with van der Waals surface area (Å²) in [7, 11) is -5.42. The Morgan fingerprint density at radius 1 is 0.971 bits per heavy atom. The third-order valence-electron chi connectivity index (χ3n) is 8.04. The van der Waals surface area contributed by atoms with Gasteiger partial charge in [0.05, 0.1) is 19.5 Å². The van der Waals surface area contributed by atoms with Crippen molar-refractivity contribution in [3.63, 3.8) is 0 Å². The van der Waals surface area contributed by atoms with Crippen molar-refractivity contribution in [3.8, 4) is 0 Å². The fraction of sp³-hybridized carbons (Fsp3) is 0.783. The van der Waals surface area contributed by atoms with Gasteiger partial charge in [-0.25, -0.2) is 15.0 Å². The molecule has 5 heterocycles. The third-order valence-corrected chi connectivity index (χ3v) is 18.3. The lowest BCUT2D eigenvalue weighted by atomic mass is 9.98. The van der Waals surface area contributed by atoms with E-state index in [2.05, 4.69) is 70.3 Å². The number of hydrogen-bond donors (Lipinski definition) is 1. The Balaban J connectivity index is 1.60. The third kappa shape index (κ3) is 3.48. The standard InChI is InChI=1S/C23H39N5O5Si2/c1-13(2)34(14(3)4)30-9-17-19(32-35(33-34,15(5)6)16(7)8)20-23(31-17,10-29-20)28-12-27-18-21(24)25-11-26-22(18)28/h11-17,19-20H,9-10H2,1-8H3,(H2,24,25,26)/t17-,19-,20-,23-/m1/s1. The van der Waals surface area contributed by atoms with Crippen LogP contribution in [-0.4, -0.2) is 68.2 Å². The van der Waals surface area contributed by atoms with Crippen LogP contribution < -0.4 is 5.73 Å². The van der Waals surface area contributed by atoms with Gasteiger partial charge in [-0.15, -0.1) is 0 Å². The molecule has 4 atom stereocenters. The van der Waals surface area contributed by atoms with E-state index >= 15 is 0 Å². The van der Waals surface area contributed by atoms with Gasteiger partial charge in [-0.2, -0.15) is 0 Å². The summed E-state index contributed by atoms with van der Waals surface area (Å²) in [5, 5.41) is 0. The van der Waals surface area contributed by atoms with Crippen molar-refractivity contribution in [1.29, 1.82) is 0 Å². The fourth-order valence-electron chi connectivity index (χ4n) is 6.10. The van der Waals surface area contributed by atoms with Crippen LogP contribution in [0.2, 0.25) is 22.2 Å². The zero-order valence-electron chi connectivity index (χ0n) is 22.0. The van der Waals surface area contributed by atoms with Gasteiger partial charge in [0.1, 0.15) is 30.2 Å². The Bertz CT molecular complexity index is 1080. The minimum Gasteiger partial charge on any atom is -0.414 e. The number of anilines is 1. The quantitative estimate of drug-likeness (QED) is 0.586. The summed E-state index contributed by atoms with van der Waals surface area (Å²) >= 11 is 0. The van der Waals surface area contributed by atoms with E-state index in [4.69, 9.17) is 28.2 Å². The van der Waals surface area contributed by atoms with Gasteiger partial charge in [0.25, 0.3) is 0 Å². The monoisotopic (exact) mass is 521 g/mol. The fourth-order valence-corrected chi connectivity index (χ4v) is 17.3. The average molecular weight is 522 g/mol. The Labute approximate surface area is 209 Å². The molecular weight excluding hydrogens is 482 g/mol. The van der Waals surface area contributed by atoms with E-state index < -0.39 is 22.8 Å². The van der Waals surface area contributed by atoms with Crippen molar-refractivity contribution in [2.24, 2.45) is 0 Å². The molecule has 35 heavy (non-hydrogen) atoms. The number of nitrogens with zero attached hydrogens (tertiary/aromatic N) is 4. The molecule has 0 saturated carbocycles. The van der Waals surface area contributed by atoms with Gasteiger partial charge in [0.2, 0.25) is 0 Å². The molecule has 0 aromatic carbocycles. The second kappa shape index (κ2) is 8.57. The highest BCUT2D eigenvalue weighted by Crippen LogP contribution is 2.53. The van der Waals surface area contributed by atoms with Gasteiger partial charge >= 0.3 is 17.1 Å². The molecule has 0 unspecified atom stereocenters. The number of imidazole rings is 1. The maximum absolute atomic E-state index is 7.30. The lowest BCUT2D eigenvalue weighted by Gasteiger charge is -2.52. The number of hydrogen-bond acceptors (Lipinski definition) is 9. The molecule has 3 fully saturated rings. The summed E-state index contributed by atoms with van der Waals surface area (Å²) in [5.41, 5.74) is 7.45. The van der Waals surface area contributed by atoms with Crippen LogP contribution in [0.1, 0.15) is 55.4 Å².